The van der Waals surface area contributed by atoms with Crippen LogP contribution in [0.1, 0.15) is 30.8 Å². The van der Waals surface area contributed by atoms with Crippen LogP contribution in [-0.4, -0.2) is 22.1 Å². The molecule has 1 atom stereocenters. The number of rotatable bonds is 6. The molecule has 0 fully saturated rings. The first-order valence-electron chi connectivity index (χ1n) is 6.96. The number of hydrogen-bond acceptors (Lipinski definition) is 2. The third kappa shape index (κ3) is 3.93. The number of nitrogens with one attached hydrogen (secondary N) is 1. The first-order valence-corrected chi connectivity index (χ1v) is 6.96. The van der Waals surface area contributed by atoms with Crippen molar-refractivity contribution in [1.82, 2.24) is 14.9 Å². The molecule has 0 aliphatic rings. The zero-order chi connectivity index (χ0) is 13.7. The number of aryl methyl sites for hydroxylation is 1. The van der Waals surface area contributed by atoms with Crippen molar-refractivity contribution in [3.8, 4) is 0 Å². The zero-order valence-corrected chi connectivity index (χ0v) is 12.1. The number of imidazole rings is 1. The van der Waals surface area contributed by atoms with Gasteiger partial charge in [-0.25, -0.2) is 4.98 Å². The molecule has 3 heteroatoms. The molecule has 1 aromatic carbocycles. The standard InChI is InChI=1S/C16H23N3/c1-4-17-13(2)11-14-5-7-15(8-6-14)12-16-18-9-10-19(16)3/h5-10,13,17H,4,11-12H2,1-3H3. The zero-order valence-electron chi connectivity index (χ0n) is 12.1. The molecular formula is C16H23N3. The third-order valence-corrected chi connectivity index (χ3v) is 3.40. The highest BCUT2D eigenvalue weighted by Crippen LogP contribution is 2.10. The van der Waals surface area contributed by atoms with Crippen LogP contribution in [0.5, 0.6) is 0 Å². The van der Waals surface area contributed by atoms with Gasteiger partial charge in [-0.1, -0.05) is 31.2 Å². The van der Waals surface area contributed by atoms with Crippen molar-refractivity contribution in [2.75, 3.05) is 6.54 Å². The minimum absolute atomic E-state index is 0.533. The summed E-state index contributed by atoms with van der Waals surface area (Å²) in [5.74, 6) is 1.11. The van der Waals surface area contributed by atoms with E-state index in [2.05, 4.69) is 53.0 Å². The molecule has 0 aliphatic heterocycles. The smallest absolute Gasteiger partial charge is 0.112 e. The summed E-state index contributed by atoms with van der Waals surface area (Å²) in [6.07, 6.45) is 5.81. The molecule has 102 valence electrons. The van der Waals surface area contributed by atoms with Gasteiger partial charge in [0.2, 0.25) is 0 Å². The summed E-state index contributed by atoms with van der Waals surface area (Å²) < 4.78 is 2.07. The van der Waals surface area contributed by atoms with E-state index in [-0.39, 0.29) is 0 Å². The molecule has 0 amide bonds. The summed E-state index contributed by atoms with van der Waals surface area (Å²) in [7, 11) is 2.04. The van der Waals surface area contributed by atoms with E-state index in [4.69, 9.17) is 0 Å². The van der Waals surface area contributed by atoms with Crippen LogP contribution >= 0.6 is 0 Å². The van der Waals surface area contributed by atoms with E-state index < -0.39 is 0 Å². The quantitative estimate of drug-likeness (QED) is 0.862. The van der Waals surface area contributed by atoms with Gasteiger partial charge < -0.3 is 9.88 Å². The van der Waals surface area contributed by atoms with Crippen LogP contribution in [0.4, 0.5) is 0 Å². The molecule has 3 nitrogen and oxygen atoms in total. The van der Waals surface area contributed by atoms with Crippen LogP contribution in [0.25, 0.3) is 0 Å². The molecule has 19 heavy (non-hydrogen) atoms. The average molecular weight is 257 g/mol. The lowest BCUT2D eigenvalue weighted by atomic mass is 10.0. The molecule has 0 saturated heterocycles. The van der Waals surface area contributed by atoms with Gasteiger partial charge in [0.15, 0.2) is 0 Å². The number of aromatic nitrogens is 2. The van der Waals surface area contributed by atoms with Crippen molar-refractivity contribution in [2.45, 2.75) is 32.7 Å². The highest BCUT2D eigenvalue weighted by molar-refractivity contribution is 5.25. The SMILES string of the molecule is CCNC(C)Cc1ccc(Cc2nccn2C)cc1. The third-order valence-electron chi connectivity index (χ3n) is 3.40. The fourth-order valence-corrected chi connectivity index (χ4v) is 2.32. The maximum Gasteiger partial charge on any atom is 0.112 e. The highest BCUT2D eigenvalue weighted by atomic mass is 15.0. The molecule has 2 aromatic rings. The number of benzene rings is 1. The molecule has 0 saturated carbocycles. The van der Waals surface area contributed by atoms with Gasteiger partial charge in [0.1, 0.15) is 5.82 Å². The van der Waals surface area contributed by atoms with E-state index in [1.165, 1.54) is 11.1 Å². The van der Waals surface area contributed by atoms with Crippen LogP contribution in [0.2, 0.25) is 0 Å². The lowest BCUT2D eigenvalue weighted by molar-refractivity contribution is 0.565. The molecule has 1 heterocycles. The van der Waals surface area contributed by atoms with E-state index in [0.29, 0.717) is 6.04 Å². The van der Waals surface area contributed by atoms with Crippen LogP contribution in [0.15, 0.2) is 36.7 Å². The second-order valence-electron chi connectivity index (χ2n) is 5.11. The van der Waals surface area contributed by atoms with E-state index in [9.17, 15) is 0 Å². The normalized spacial score (nSPS) is 12.6. The van der Waals surface area contributed by atoms with Gasteiger partial charge in [0, 0.05) is 31.9 Å². The summed E-state index contributed by atoms with van der Waals surface area (Å²) in [6, 6.07) is 9.41. The fourth-order valence-electron chi connectivity index (χ4n) is 2.32. The topological polar surface area (TPSA) is 29.9 Å². The minimum atomic E-state index is 0.533. The van der Waals surface area contributed by atoms with Crippen LogP contribution in [-0.2, 0) is 19.9 Å². The number of likely N-dealkylation sites (N-methyl/N-ethyl adjacent to an activating group) is 1. The van der Waals surface area contributed by atoms with Gasteiger partial charge in [-0.15, -0.1) is 0 Å². The lowest BCUT2D eigenvalue weighted by Gasteiger charge is -2.12. The largest absolute Gasteiger partial charge is 0.338 e. The Morgan fingerprint density at radius 2 is 1.89 bits per heavy atom. The molecule has 1 N–H and O–H groups in total. The molecule has 0 spiro atoms. The maximum absolute atomic E-state index is 4.36. The lowest BCUT2D eigenvalue weighted by Crippen LogP contribution is -2.27. The Balaban J connectivity index is 1.97. The summed E-state index contributed by atoms with van der Waals surface area (Å²) in [4.78, 5) is 4.36. The Morgan fingerprint density at radius 3 is 2.47 bits per heavy atom. The van der Waals surface area contributed by atoms with Gasteiger partial charge in [0.05, 0.1) is 0 Å². The highest BCUT2D eigenvalue weighted by Gasteiger charge is 2.04. The van der Waals surface area contributed by atoms with E-state index in [0.717, 1.165) is 25.2 Å². The Labute approximate surface area is 115 Å². The van der Waals surface area contributed by atoms with Crippen molar-refractivity contribution >= 4 is 0 Å². The number of nitrogens with zero attached hydrogens (tertiary/aromatic N) is 2. The van der Waals surface area contributed by atoms with E-state index >= 15 is 0 Å². The molecule has 1 unspecified atom stereocenters. The predicted octanol–water partition coefficient (Wildman–Crippen LogP) is 2.55. The molecule has 0 radical (unpaired) electrons. The molecule has 0 bridgehead atoms. The predicted molar refractivity (Wildman–Crippen MR) is 79.3 cm³/mol. The van der Waals surface area contributed by atoms with Crippen LogP contribution in [0, 0.1) is 0 Å². The second kappa shape index (κ2) is 6.53. The first kappa shape index (κ1) is 13.8. The van der Waals surface area contributed by atoms with Crippen LogP contribution in [0.3, 0.4) is 0 Å². The first-order chi connectivity index (χ1) is 9.19. The van der Waals surface area contributed by atoms with Crippen LogP contribution < -0.4 is 5.32 Å². The van der Waals surface area contributed by atoms with Gasteiger partial charge in [-0.05, 0) is 31.0 Å². The van der Waals surface area contributed by atoms with Crippen molar-refractivity contribution in [2.24, 2.45) is 7.05 Å². The second-order valence-corrected chi connectivity index (χ2v) is 5.11. The summed E-state index contributed by atoms with van der Waals surface area (Å²) in [5, 5.41) is 3.44. The summed E-state index contributed by atoms with van der Waals surface area (Å²) in [5.41, 5.74) is 2.70. The average Bonchev–Trinajstić information content (AvgIpc) is 2.78. The Kier molecular flexibility index (Phi) is 4.74. The minimum Gasteiger partial charge on any atom is -0.338 e. The molecular weight excluding hydrogens is 234 g/mol. The van der Waals surface area contributed by atoms with Crippen molar-refractivity contribution in [3.05, 3.63) is 53.6 Å². The Hall–Kier alpha value is -1.61. The Morgan fingerprint density at radius 1 is 1.21 bits per heavy atom. The molecule has 0 aliphatic carbocycles. The molecule has 1 aromatic heterocycles. The fraction of sp³-hybridized carbons (Fsp3) is 0.438. The summed E-state index contributed by atoms with van der Waals surface area (Å²) >= 11 is 0. The van der Waals surface area contributed by atoms with E-state index in [1.54, 1.807) is 0 Å². The van der Waals surface area contributed by atoms with Crippen molar-refractivity contribution in [1.29, 1.82) is 0 Å². The van der Waals surface area contributed by atoms with Crippen molar-refractivity contribution in [3.63, 3.8) is 0 Å². The van der Waals surface area contributed by atoms with Crippen molar-refractivity contribution < 1.29 is 0 Å². The molecule has 2 rings (SSSR count). The monoisotopic (exact) mass is 257 g/mol. The van der Waals surface area contributed by atoms with E-state index in [1.807, 2.05) is 19.4 Å². The Bertz CT molecular complexity index is 499. The van der Waals surface area contributed by atoms with Gasteiger partial charge in [0.25, 0.3) is 0 Å². The number of hydrogen-bond donors (Lipinski definition) is 1. The van der Waals surface area contributed by atoms with Gasteiger partial charge >= 0.3 is 0 Å². The van der Waals surface area contributed by atoms with Gasteiger partial charge in [-0.2, -0.15) is 0 Å². The van der Waals surface area contributed by atoms with Gasteiger partial charge in [-0.3, -0.25) is 0 Å². The summed E-state index contributed by atoms with van der Waals surface area (Å²) in [6.45, 7) is 5.40. The maximum atomic E-state index is 4.36.